The van der Waals surface area contributed by atoms with Crippen molar-refractivity contribution >= 4 is 5.97 Å². The van der Waals surface area contributed by atoms with Gasteiger partial charge in [-0.15, -0.1) is 0 Å². The van der Waals surface area contributed by atoms with Gasteiger partial charge in [0.15, 0.2) is 0 Å². The Balaban J connectivity index is 3.54. The third-order valence-corrected chi connectivity index (χ3v) is 5.18. The number of carboxylic acid groups (broad SMARTS) is 1. The number of aliphatic carboxylic acids is 1. The highest BCUT2D eigenvalue weighted by Gasteiger charge is 2.08. The van der Waals surface area contributed by atoms with E-state index >= 15 is 0 Å². The van der Waals surface area contributed by atoms with Gasteiger partial charge < -0.3 is 5.11 Å². The summed E-state index contributed by atoms with van der Waals surface area (Å²) in [4.78, 5) is 10.6. The Hall–Kier alpha value is -0.530. The Morgan fingerprint density at radius 2 is 1.04 bits per heavy atom. The third kappa shape index (κ3) is 17.8. The zero-order valence-electron chi connectivity index (χ0n) is 16.7. The first-order valence-corrected chi connectivity index (χ1v) is 10.9. The lowest BCUT2D eigenvalue weighted by Crippen LogP contribution is -2.02. The molecule has 0 rings (SSSR count). The molecule has 1 N–H and O–H groups in total. The van der Waals surface area contributed by atoms with Crippen molar-refractivity contribution in [2.75, 3.05) is 0 Å². The van der Waals surface area contributed by atoms with Gasteiger partial charge in [-0.3, -0.25) is 4.79 Å². The van der Waals surface area contributed by atoms with E-state index in [9.17, 15) is 4.79 Å². The lowest BCUT2D eigenvalue weighted by atomic mass is 9.90. The van der Waals surface area contributed by atoms with Crippen molar-refractivity contribution in [2.45, 2.75) is 129 Å². The van der Waals surface area contributed by atoms with E-state index in [2.05, 4.69) is 13.8 Å². The number of hydrogen-bond donors (Lipinski definition) is 1. The van der Waals surface area contributed by atoms with E-state index in [0.29, 0.717) is 6.42 Å². The Morgan fingerprint density at radius 3 is 1.54 bits per heavy atom. The molecule has 1 unspecified atom stereocenters. The van der Waals surface area contributed by atoms with Crippen molar-refractivity contribution in [3.63, 3.8) is 0 Å². The molecule has 0 radical (unpaired) electrons. The van der Waals surface area contributed by atoms with Gasteiger partial charge in [-0.05, 0) is 12.3 Å². The van der Waals surface area contributed by atoms with E-state index in [0.717, 1.165) is 18.8 Å². The van der Waals surface area contributed by atoms with Crippen LogP contribution < -0.4 is 0 Å². The Morgan fingerprint density at radius 1 is 0.625 bits per heavy atom. The summed E-state index contributed by atoms with van der Waals surface area (Å²) < 4.78 is 0. The second-order valence-corrected chi connectivity index (χ2v) is 7.62. The van der Waals surface area contributed by atoms with Crippen LogP contribution in [0.25, 0.3) is 0 Å². The minimum Gasteiger partial charge on any atom is -0.481 e. The van der Waals surface area contributed by atoms with Gasteiger partial charge >= 0.3 is 5.97 Å². The first-order chi connectivity index (χ1) is 11.7. The summed E-state index contributed by atoms with van der Waals surface area (Å²) in [5.41, 5.74) is 0. The van der Waals surface area contributed by atoms with Gasteiger partial charge in [0.25, 0.3) is 0 Å². The molecule has 0 aromatic carbocycles. The molecule has 0 aliphatic heterocycles. The fourth-order valence-electron chi connectivity index (χ4n) is 3.56. The number of unbranched alkanes of at least 4 members (excludes halogenated alkanes) is 11. The van der Waals surface area contributed by atoms with Gasteiger partial charge in [0, 0.05) is 6.42 Å². The van der Waals surface area contributed by atoms with Crippen LogP contribution in [0, 0.1) is 5.92 Å². The zero-order chi connectivity index (χ0) is 17.9. The summed E-state index contributed by atoms with van der Waals surface area (Å²) in [6.45, 7) is 4.54. The normalized spacial score (nSPS) is 12.4. The van der Waals surface area contributed by atoms with Crippen molar-refractivity contribution in [2.24, 2.45) is 5.92 Å². The highest BCUT2D eigenvalue weighted by atomic mass is 16.4. The van der Waals surface area contributed by atoms with E-state index in [1.165, 1.54) is 96.3 Å². The minimum absolute atomic E-state index is 0.346. The molecule has 2 heteroatoms. The molecule has 0 heterocycles. The summed E-state index contributed by atoms with van der Waals surface area (Å²) in [6.07, 6.45) is 22.9. The average Bonchev–Trinajstić information content (AvgIpc) is 2.57. The molecule has 1 atom stereocenters. The third-order valence-electron chi connectivity index (χ3n) is 5.18. The van der Waals surface area contributed by atoms with Crippen LogP contribution in [0.1, 0.15) is 129 Å². The van der Waals surface area contributed by atoms with Gasteiger partial charge in [0.05, 0.1) is 0 Å². The standard InChI is InChI=1S/C22H44O2/c1-3-5-7-8-9-10-11-12-13-14-18-21(17-6-4-2)19-15-16-20-22(23)24/h21H,3-20H2,1-2H3,(H,23,24). The van der Waals surface area contributed by atoms with Crippen molar-refractivity contribution in [3.05, 3.63) is 0 Å². The van der Waals surface area contributed by atoms with Crippen LogP contribution in [-0.2, 0) is 4.79 Å². The summed E-state index contributed by atoms with van der Waals surface area (Å²) in [5.74, 6) is 0.197. The van der Waals surface area contributed by atoms with Crippen molar-refractivity contribution in [1.29, 1.82) is 0 Å². The maximum atomic E-state index is 10.6. The molecular formula is C22H44O2. The fraction of sp³-hybridized carbons (Fsp3) is 0.955. The quantitative estimate of drug-likeness (QED) is 0.244. The molecular weight excluding hydrogens is 296 g/mol. The SMILES string of the molecule is CCCCCCCCCCCCC(CCCC)CCCCC(=O)O. The van der Waals surface area contributed by atoms with Crippen LogP contribution in [0.15, 0.2) is 0 Å². The highest BCUT2D eigenvalue weighted by Crippen LogP contribution is 2.23. The number of carboxylic acids is 1. The lowest BCUT2D eigenvalue weighted by molar-refractivity contribution is -0.137. The second kappa shape index (κ2) is 18.8. The van der Waals surface area contributed by atoms with Crippen LogP contribution >= 0.6 is 0 Å². The van der Waals surface area contributed by atoms with Crippen molar-refractivity contribution in [1.82, 2.24) is 0 Å². The molecule has 24 heavy (non-hydrogen) atoms. The highest BCUT2D eigenvalue weighted by molar-refractivity contribution is 5.66. The first kappa shape index (κ1) is 23.5. The molecule has 2 nitrogen and oxygen atoms in total. The molecule has 0 amide bonds. The van der Waals surface area contributed by atoms with Gasteiger partial charge in [-0.25, -0.2) is 0 Å². The molecule has 0 aromatic heterocycles. The van der Waals surface area contributed by atoms with Crippen LogP contribution in [0.3, 0.4) is 0 Å². The van der Waals surface area contributed by atoms with Crippen LogP contribution in [0.5, 0.6) is 0 Å². The fourth-order valence-corrected chi connectivity index (χ4v) is 3.56. The van der Waals surface area contributed by atoms with Crippen LogP contribution in [-0.4, -0.2) is 11.1 Å². The maximum Gasteiger partial charge on any atom is 0.303 e. The molecule has 0 fully saturated rings. The maximum absolute atomic E-state index is 10.6. The van der Waals surface area contributed by atoms with Gasteiger partial charge in [-0.2, -0.15) is 0 Å². The van der Waals surface area contributed by atoms with E-state index in [4.69, 9.17) is 5.11 Å². The smallest absolute Gasteiger partial charge is 0.303 e. The minimum atomic E-state index is -0.644. The molecule has 0 bridgehead atoms. The molecule has 0 spiro atoms. The van der Waals surface area contributed by atoms with Crippen molar-refractivity contribution < 1.29 is 9.90 Å². The van der Waals surface area contributed by atoms with Gasteiger partial charge in [0.2, 0.25) is 0 Å². The van der Waals surface area contributed by atoms with Gasteiger partial charge in [0.1, 0.15) is 0 Å². The number of hydrogen-bond acceptors (Lipinski definition) is 1. The van der Waals surface area contributed by atoms with E-state index in [1.54, 1.807) is 0 Å². The monoisotopic (exact) mass is 340 g/mol. The van der Waals surface area contributed by atoms with Crippen molar-refractivity contribution in [3.8, 4) is 0 Å². The van der Waals surface area contributed by atoms with Crippen LogP contribution in [0.2, 0.25) is 0 Å². The predicted molar refractivity (Wildman–Crippen MR) is 106 cm³/mol. The van der Waals surface area contributed by atoms with E-state index in [1.807, 2.05) is 0 Å². The molecule has 0 aliphatic carbocycles. The molecule has 144 valence electrons. The molecule has 0 aliphatic rings. The Bertz CT molecular complexity index is 263. The molecule has 0 aromatic rings. The summed E-state index contributed by atoms with van der Waals surface area (Å²) >= 11 is 0. The average molecular weight is 341 g/mol. The largest absolute Gasteiger partial charge is 0.481 e. The van der Waals surface area contributed by atoms with E-state index in [-0.39, 0.29) is 0 Å². The molecule has 0 saturated heterocycles. The predicted octanol–water partition coefficient (Wildman–Crippen LogP) is 7.75. The molecule has 0 saturated carbocycles. The Kier molecular flexibility index (Phi) is 18.4. The summed E-state index contributed by atoms with van der Waals surface area (Å²) in [5, 5.41) is 8.72. The zero-order valence-corrected chi connectivity index (χ0v) is 16.7. The summed E-state index contributed by atoms with van der Waals surface area (Å²) in [7, 11) is 0. The van der Waals surface area contributed by atoms with E-state index < -0.39 is 5.97 Å². The summed E-state index contributed by atoms with van der Waals surface area (Å²) in [6, 6.07) is 0. The first-order valence-electron chi connectivity index (χ1n) is 10.9. The van der Waals surface area contributed by atoms with Gasteiger partial charge in [-0.1, -0.05) is 117 Å². The number of rotatable bonds is 19. The number of carbonyl (C=O) groups is 1. The van der Waals surface area contributed by atoms with Crippen LogP contribution in [0.4, 0.5) is 0 Å². The Labute approximate surface area is 151 Å². The lowest BCUT2D eigenvalue weighted by Gasteiger charge is -2.16. The second-order valence-electron chi connectivity index (χ2n) is 7.62. The topological polar surface area (TPSA) is 37.3 Å².